The highest BCUT2D eigenvalue weighted by atomic mass is 16.5. The van der Waals surface area contributed by atoms with E-state index in [2.05, 4.69) is 20.8 Å². The maximum absolute atomic E-state index is 12.1. The third kappa shape index (κ3) is 2.42. The van der Waals surface area contributed by atoms with E-state index in [0.29, 0.717) is 12.2 Å². The lowest BCUT2D eigenvalue weighted by molar-refractivity contribution is -0.188. The minimum Gasteiger partial charge on any atom is -0.371 e. The lowest BCUT2D eigenvalue weighted by Crippen LogP contribution is -2.57. The van der Waals surface area contributed by atoms with Gasteiger partial charge in [-0.1, -0.05) is 32.6 Å². The van der Waals surface area contributed by atoms with E-state index in [-0.39, 0.29) is 17.1 Å². The van der Waals surface area contributed by atoms with Crippen LogP contribution < -0.4 is 0 Å². The molecule has 1 atom stereocenters. The smallest absolute Gasteiger partial charge is 0.144 e. The van der Waals surface area contributed by atoms with E-state index < -0.39 is 0 Å². The molecule has 0 amide bonds. The zero-order valence-corrected chi connectivity index (χ0v) is 11.6. The molecule has 2 rings (SSSR count). The first-order valence-electron chi connectivity index (χ1n) is 7.21. The molecule has 1 unspecified atom stereocenters. The average molecular weight is 238 g/mol. The van der Waals surface area contributed by atoms with Gasteiger partial charge >= 0.3 is 0 Å². The van der Waals surface area contributed by atoms with Gasteiger partial charge in [0.15, 0.2) is 0 Å². The highest BCUT2D eigenvalue weighted by Crippen LogP contribution is 2.50. The van der Waals surface area contributed by atoms with Crippen molar-refractivity contribution in [2.45, 2.75) is 83.8 Å². The van der Waals surface area contributed by atoms with Gasteiger partial charge in [-0.2, -0.15) is 0 Å². The Hall–Kier alpha value is -0.370. The van der Waals surface area contributed by atoms with Gasteiger partial charge < -0.3 is 4.74 Å². The van der Waals surface area contributed by atoms with Gasteiger partial charge in [-0.15, -0.1) is 0 Å². The van der Waals surface area contributed by atoms with Crippen molar-refractivity contribution in [3.63, 3.8) is 0 Å². The van der Waals surface area contributed by atoms with Gasteiger partial charge in [-0.3, -0.25) is 4.79 Å². The predicted molar refractivity (Wildman–Crippen MR) is 69.0 cm³/mol. The number of hydrogen-bond acceptors (Lipinski definition) is 2. The molecule has 2 heteroatoms. The van der Waals surface area contributed by atoms with Crippen molar-refractivity contribution in [1.82, 2.24) is 0 Å². The van der Waals surface area contributed by atoms with Crippen LogP contribution in [0.25, 0.3) is 0 Å². The summed E-state index contributed by atoms with van der Waals surface area (Å²) in [4.78, 5) is 12.1. The fourth-order valence-electron chi connectivity index (χ4n) is 3.20. The molecule has 98 valence electrons. The summed E-state index contributed by atoms with van der Waals surface area (Å²) < 4.78 is 6.22. The van der Waals surface area contributed by atoms with Crippen molar-refractivity contribution in [1.29, 1.82) is 0 Å². The lowest BCUT2D eigenvalue weighted by atomic mass is 9.60. The largest absolute Gasteiger partial charge is 0.371 e. The number of carbonyl (C=O) groups is 1. The van der Waals surface area contributed by atoms with Gasteiger partial charge in [-0.25, -0.2) is 0 Å². The second-order valence-corrected chi connectivity index (χ2v) is 6.42. The molecule has 0 aliphatic heterocycles. The average Bonchev–Trinajstić information content (AvgIpc) is 2.56. The SMILES string of the molecule is CCC(C)(C)OC1CC(=O)C12CCCCCC2. The number of rotatable bonds is 3. The van der Waals surface area contributed by atoms with Crippen LogP contribution in [0.5, 0.6) is 0 Å². The molecule has 2 fully saturated rings. The van der Waals surface area contributed by atoms with Crippen LogP contribution in [0.15, 0.2) is 0 Å². The summed E-state index contributed by atoms with van der Waals surface area (Å²) in [5.74, 6) is 0.469. The highest BCUT2D eigenvalue weighted by molar-refractivity contribution is 5.92. The highest BCUT2D eigenvalue weighted by Gasteiger charge is 2.55. The zero-order valence-electron chi connectivity index (χ0n) is 11.6. The Morgan fingerprint density at radius 2 is 1.82 bits per heavy atom. The van der Waals surface area contributed by atoms with Gasteiger partial charge in [0, 0.05) is 6.42 Å². The fraction of sp³-hybridized carbons (Fsp3) is 0.933. The predicted octanol–water partition coefficient (Wildman–Crippen LogP) is 3.87. The Labute approximate surface area is 105 Å². The van der Waals surface area contributed by atoms with Gasteiger partial charge in [0.2, 0.25) is 0 Å². The summed E-state index contributed by atoms with van der Waals surface area (Å²) in [7, 11) is 0. The topological polar surface area (TPSA) is 26.3 Å². The minimum absolute atomic E-state index is 0.0787. The molecule has 0 bridgehead atoms. The van der Waals surface area contributed by atoms with Gasteiger partial charge in [0.05, 0.1) is 17.1 Å². The first-order chi connectivity index (χ1) is 8.00. The quantitative estimate of drug-likeness (QED) is 0.746. The Bertz CT molecular complexity index is 285. The summed E-state index contributed by atoms with van der Waals surface area (Å²) in [5, 5.41) is 0. The molecule has 2 nitrogen and oxygen atoms in total. The Morgan fingerprint density at radius 3 is 2.29 bits per heavy atom. The molecule has 17 heavy (non-hydrogen) atoms. The van der Waals surface area contributed by atoms with Gasteiger partial charge in [0.1, 0.15) is 5.78 Å². The maximum atomic E-state index is 12.1. The summed E-state index contributed by atoms with van der Waals surface area (Å²) in [6.07, 6.45) is 8.99. The molecule has 2 saturated carbocycles. The molecule has 0 aromatic rings. The lowest BCUT2D eigenvalue weighted by Gasteiger charge is -2.50. The minimum atomic E-state index is -0.0943. The van der Waals surface area contributed by atoms with E-state index >= 15 is 0 Å². The van der Waals surface area contributed by atoms with Crippen LogP contribution in [0.2, 0.25) is 0 Å². The van der Waals surface area contributed by atoms with Crippen molar-refractivity contribution in [3.05, 3.63) is 0 Å². The molecule has 0 radical (unpaired) electrons. The van der Waals surface area contributed by atoms with Crippen LogP contribution in [0.4, 0.5) is 0 Å². The van der Waals surface area contributed by atoms with Crippen LogP contribution in [0.1, 0.15) is 72.1 Å². The van der Waals surface area contributed by atoms with Crippen molar-refractivity contribution in [2.75, 3.05) is 0 Å². The van der Waals surface area contributed by atoms with Crippen LogP contribution in [0, 0.1) is 5.41 Å². The Kier molecular flexibility index (Phi) is 3.63. The standard InChI is InChI=1S/C15H26O2/c1-4-14(2,3)17-13-11-12(16)15(13)9-7-5-6-8-10-15/h13H,4-11H2,1-3H3. The molecule has 1 spiro atoms. The fourth-order valence-corrected chi connectivity index (χ4v) is 3.20. The molecule has 0 N–H and O–H groups in total. The van der Waals surface area contributed by atoms with Crippen LogP contribution in [-0.2, 0) is 9.53 Å². The number of hydrogen-bond donors (Lipinski definition) is 0. The van der Waals surface area contributed by atoms with Gasteiger partial charge in [0.25, 0.3) is 0 Å². The molecule has 0 heterocycles. The van der Waals surface area contributed by atoms with E-state index in [1.807, 2.05) is 0 Å². The molecular weight excluding hydrogens is 212 g/mol. The van der Waals surface area contributed by atoms with Crippen molar-refractivity contribution in [3.8, 4) is 0 Å². The molecule has 0 aromatic heterocycles. The van der Waals surface area contributed by atoms with E-state index in [9.17, 15) is 4.79 Å². The first kappa shape index (κ1) is 13.1. The molecule has 0 saturated heterocycles. The van der Waals surface area contributed by atoms with E-state index in [0.717, 1.165) is 19.3 Å². The normalized spacial score (nSPS) is 28.9. The van der Waals surface area contributed by atoms with E-state index in [1.165, 1.54) is 25.7 Å². The second-order valence-electron chi connectivity index (χ2n) is 6.42. The second kappa shape index (κ2) is 4.72. The monoisotopic (exact) mass is 238 g/mol. The zero-order chi connectivity index (χ0) is 12.5. The van der Waals surface area contributed by atoms with Crippen molar-refractivity contribution in [2.24, 2.45) is 5.41 Å². The van der Waals surface area contributed by atoms with E-state index in [1.54, 1.807) is 0 Å². The number of Topliss-reactive ketones (excluding diaryl/α,β-unsaturated/α-hetero) is 1. The third-order valence-electron chi connectivity index (χ3n) is 4.85. The Morgan fingerprint density at radius 1 is 1.24 bits per heavy atom. The van der Waals surface area contributed by atoms with Crippen LogP contribution in [-0.4, -0.2) is 17.5 Å². The molecule has 0 aromatic carbocycles. The molecular formula is C15H26O2. The maximum Gasteiger partial charge on any atom is 0.144 e. The third-order valence-corrected chi connectivity index (χ3v) is 4.85. The number of ketones is 1. The molecule has 2 aliphatic rings. The summed E-state index contributed by atoms with van der Waals surface area (Å²) in [6, 6.07) is 0. The van der Waals surface area contributed by atoms with Crippen molar-refractivity contribution < 1.29 is 9.53 Å². The number of carbonyl (C=O) groups excluding carboxylic acids is 1. The first-order valence-corrected chi connectivity index (χ1v) is 7.21. The van der Waals surface area contributed by atoms with Gasteiger partial charge in [-0.05, 0) is 33.1 Å². The summed E-state index contributed by atoms with van der Waals surface area (Å²) in [5.41, 5.74) is -0.173. The van der Waals surface area contributed by atoms with E-state index in [4.69, 9.17) is 4.74 Å². The molecule has 2 aliphatic carbocycles. The Balaban J connectivity index is 2.06. The van der Waals surface area contributed by atoms with Crippen LogP contribution in [0.3, 0.4) is 0 Å². The van der Waals surface area contributed by atoms with Crippen LogP contribution >= 0.6 is 0 Å². The van der Waals surface area contributed by atoms with Crippen molar-refractivity contribution >= 4 is 5.78 Å². The summed E-state index contributed by atoms with van der Waals surface area (Å²) >= 11 is 0. The summed E-state index contributed by atoms with van der Waals surface area (Å²) in [6.45, 7) is 6.43. The number of ether oxygens (including phenoxy) is 1.